The normalized spacial score (nSPS) is 11.0. The molecule has 106 valence electrons. The second-order valence-electron chi connectivity index (χ2n) is 4.82. The third-order valence-electron chi connectivity index (χ3n) is 3.38. The van der Waals surface area contributed by atoms with Gasteiger partial charge < -0.3 is 14.8 Å². The molecule has 1 heterocycles. The summed E-state index contributed by atoms with van der Waals surface area (Å²) in [5.74, 6) is -0.635. The van der Waals surface area contributed by atoms with Crippen LogP contribution >= 0.6 is 0 Å². The number of pyridine rings is 1. The first kappa shape index (κ1) is 13.3. The topological polar surface area (TPSA) is 79.4 Å². The van der Waals surface area contributed by atoms with Gasteiger partial charge in [0.15, 0.2) is 12.2 Å². The zero-order valence-electron chi connectivity index (χ0n) is 11.3. The van der Waals surface area contributed by atoms with Gasteiger partial charge in [-0.15, -0.1) is 0 Å². The summed E-state index contributed by atoms with van der Waals surface area (Å²) in [5.41, 5.74) is 2.48. The van der Waals surface area contributed by atoms with Gasteiger partial charge in [0.05, 0.1) is 11.1 Å². The minimum absolute atomic E-state index is 0.0791. The maximum absolute atomic E-state index is 12.5. The average Bonchev–Trinajstić information content (AvgIpc) is 2.48. The largest absolute Gasteiger partial charge is 0.435 e. The highest BCUT2D eigenvalue weighted by Crippen LogP contribution is 2.17. The maximum atomic E-state index is 12.5. The van der Waals surface area contributed by atoms with Gasteiger partial charge in [-0.25, -0.2) is 4.79 Å². The smallest absolute Gasteiger partial charge is 0.340 e. The molecule has 0 aliphatic rings. The van der Waals surface area contributed by atoms with Gasteiger partial charge in [0, 0.05) is 16.3 Å². The lowest BCUT2D eigenvalue weighted by Crippen LogP contribution is -2.08. The van der Waals surface area contributed by atoms with Crippen LogP contribution in [0.25, 0.3) is 21.8 Å². The lowest BCUT2D eigenvalue weighted by atomic mass is 10.1. The fraction of sp³-hybridized carbons (Fsp3) is 0.125. The predicted octanol–water partition coefficient (Wildman–Crippen LogP) is 2.10. The molecule has 3 aromatic rings. The van der Waals surface area contributed by atoms with Gasteiger partial charge in [0.25, 0.3) is 0 Å². The Morgan fingerprint density at radius 2 is 1.95 bits per heavy atom. The van der Waals surface area contributed by atoms with Crippen molar-refractivity contribution in [1.29, 1.82) is 0 Å². The molecule has 0 atom stereocenters. The van der Waals surface area contributed by atoms with Crippen LogP contribution in [0.4, 0.5) is 0 Å². The lowest BCUT2D eigenvalue weighted by Gasteiger charge is -2.06. The maximum Gasteiger partial charge on any atom is 0.340 e. The fourth-order valence-electron chi connectivity index (χ4n) is 2.36. The fourth-order valence-corrected chi connectivity index (χ4v) is 2.36. The zero-order chi connectivity index (χ0) is 15.0. The molecule has 5 heteroatoms. The Morgan fingerprint density at radius 1 is 1.14 bits per heavy atom. The van der Waals surface area contributed by atoms with E-state index in [1.54, 1.807) is 12.1 Å². The molecule has 0 bridgehead atoms. The molecule has 2 aromatic carbocycles. The third-order valence-corrected chi connectivity index (χ3v) is 3.38. The van der Waals surface area contributed by atoms with Crippen LogP contribution in [0.5, 0.6) is 0 Å². The van der Waals surface area contributed by atoms with Crippen molar-refractivity contribution in [3.8, 4) is 0 Å². The summed E-state index contributed by atoms with van der Waals surface area (Å²) in [5, 5.41) is 9.75. The molecule has 1 aromatic heterocycles. The summed E-state index contributed by atoms with van der Waals surface area (Å²) in [6, 6.07) is 10.2. The van der Waals surface area contributed by atoms with E-state index in [-0.39, 0.29) is 11.0 Å². The van der Waals surface area contributed by atoms with Crippen LogP contribution in [-0.2, 0) is 4.74 Å². The Morgan fingerprint density at radius 3 is 2.71 bits per heavy atom. The molecule has 5 nitrogen and oxygen atoms in total. The van der Waals surface area contributed by atoms with Crippen molar-refractivity contribution in [2.45, 2.75) is 6.92 Å². The first-order valence-electron chi connectivity index (χ1n) is 6.44. The quantitative estimate of drug-likeness (QED) is 0.429. The van der Waals surface area contributed by atoms with Gasteiger partial charge in [0.1, 0.15) is 0 Å². The number of hydrogen-bond acceptors (Lipinski definition) is 4. The second-order valence-corrected chi connectivity index (χ2v) is 4.82. The molecular weight excluding hydrogens is 270 g/mol. The van der Waals surface area contributed by atoms with E-state index in [0.29, 0.717) is 21.8 Å². The number of carbonyl (C=O) groups excluding carboxylic acids is 1. The monoisotopic (exact) mass is 283 g/mol. The van der Waals surface area contributed by atoms with E-state index in [0.717, 1.165) is 5.56 Å². The Hall–Kier alpha value is -2.66. The number of aliphatic hydroxyl groups is 1. The van der Waals surface area contributed by atoms with Gasteiger partial charge in [-0.1, -0.05) is 11.6 Å². The Kier molecular flexibility index (Phi) is 3.19. The molecule has 0 amide bonds. The van der Waals surface area contributed by atoms with Crippen molar-refractivity contribution < 1.29 is 14.6 Å². The zero-order valence-corrected chi connectivity index (χ0v) is 11.3. The standard InChI is InChI=1S/C16H13NO4/c1-9-2-5-13-12(6-9)15(19)11-4-3-10(7-14(11)17-13)16(20)21-8-18/h2-7,18H,8H2,1H3,(H,17,19). The van der Waals surface area contributed by atoms with E-state index in [9.17, 15) is 9.59 Å². The number of ether oxygens (including phenoxy) is 1. The first-order valence-corrected chi connectivity index (χ1v) is 6.44. The van der Waals surface area contributed by atoms with E-state index < -0.39 is 12.8 Å². The number of rotatable bonds is 2. The molecular formula is C16H13NO4. The molecule has 0 fully saturated rings. The minimum Gasteiger partial charge on any atom is -0.435 e. The predicted molar refractivity (Wildman–Crippen MR) is 79.3 cm³/mol. The van der Waals surface area contributed by atoms with Crippen molar-refractivity contribution in [3.63, 3.8) is 0 Å². The van der Waals surface area contributed by atoms with E-state index >= 15 is 0 Å². The summed E-state index contributed by atoms with van der Waals surface area (Å²) >= 11 is 0. The summed E-state index contributed by atoms with van der Waals surface area (Å²) in [6.45, 7) is 1.25. The molecule has 0 aliphatic carbocycles. The molecule has 0 radical (unpaired) electrons. The van der Waals surface area contributed by atoms with Crippen molar-refractivity contribution in [2.75, 3.05) is 6.79 Å². The van der Waals surface area contributed by atoms with Gasteiger partial charge >= 0.3 is 5.97 Å². The van der Waals surface area contributed by atoms with Gasteiger partial charge in [0.2, 0.25) is 0 Å². The van der Waals surface area contributed by atoms with Crippen LogP contribution in [0.1, 0.15) is 15.9 Å². The number of hydrogen-bond donors (Lipinski definition) is 2. The van der Waals surface area contributed by atoms with E-state index in [2.05, 4.69) is 9.72 Å². The van der Waals surface area contributed by atoms with Crippen LogP contribution < -0.4 is 5.43 Å². The highest BCUT2D eigenvalue weighted by Gasteiger charge is 2.10. The number of H-pyrrole nitrogens is 1. The number of aromatic amines is 1. The van der Waals surface area contributed by atoms with Crippen LogP contribution in [0.15, 0.2) is 41.2 Å². The number of esters is 1. The molecule has 2 N–H and O–H groups in total. The summed E-state index contributed by atoms with van der Waals surface area (Å²) in [6.07, 6.45) is 0. The van der Waals surface area contributed by atoms with Crippen molar-refractivity contribution in [2.24, 2.45) is 0 Å². The molecule has 0 saturated heterocycles. The van der Waals surface area contributed by atoms with Gasteiger partial charge in [-0.05, 0) is 37.3 Å². The summed E-state index contributed by atoms with van der Waals surface area (Å²) in [4.78, 5) is 27.2. The molecule has 0 aliphatic heterocycles. The van der Waals surface area contributed by atoms with E-state index in [1.165, 1.54) is 6.07 Å². The highest BCUT2D eigenvalue weighted by atomic mass is 16.6. The van der Waals surface area contributed by atoms with E-state index in [4.69, 9.17) is 5.11 Å². The number of nitrogens with one attached hydrogen (secondary N) is 1. The van der Waals surface area contributed by atoms with Crippen molar-refractivity contribution >= 4 is 27.8 Å². The Labute approximate surface area is 119 Å². The van der Waals surface area contributed by atoms with Gasteiger partial charge in [-0.3, -0.25) is 4.79 Å². The van der Waals surface area contributed by atoms with Gasteiger partial charge in [-0.2, -0.15) is 0 Å². The molecule has 0 spiro atoms. The SMILES string of the molecule is Cc1ccc2[nH]c3cc(C(=O)OCO)ccc3c(=O)c2c1. The summed E-state index contributed by atoms with van der Waals surface area (Å²) in [7, 11) is 0. The first-order chi connectivity index (χ1) is 10.1. The van der Waals surface area contributed by atoms with Crippen molar-refractivity contribution in [3.05, 3.63) is 57.7 Å². The lowest BCUT2D eigenvalue weighted by molar-refractivity contribution is 0.00685. The van der Waals surface area contributed by atoms with Crippen LogP contribution in [0.3, 0.4) is 0 Å². The van der Waals surface area contributed by atoms with Crippen LogP contribution in [0, 0.1) is 6.92 Å². The third kappa shape index (κ3) is 2.28. The molecule has 21 heavy (non-hydrogen) atoms. The molecule has 3 rings (SSSR count). The number of aryl methyl sites for hydroxylation is 1. The van der Waals surface area contributed by atoms with Crippen LogP contribution in [-0.4, -0.2) is 22.9 Å². The van der Waals surface area contributed by atoms with E-state index in [1.807, 2.05) is 25.1 Å². The minimum atomic E-state index is -0.676. The number of aromatic nitrogens is 1. The average molecular weight is 283 g/mol. The number of aliphatic hydroxyl groups excluding tert-OH is 1. The number of fused-ring (bicyclic) bond motifs is 2. The van der Waals surface area contributed by atoms with Crippen LogP contribution in [0.2, 0.25) is 0 Å². The molecule has 0 unspecified atom stereocenters. The molecule has 0 saturated carbocycles. The number of benzene rings is 2. The van der Waals surface area contributed by atoms with Crippen molar-refractivity contribution in [1.82, 2.24) is 4.98 Å². The highest BCUT2D eigenvalue weighted by molar-refractivity contribution is 5.97. The summed E-state index contributed by atoms with van der Waals surface area (Å²) < 4.78 is 4.53. The Balaban J connectivity index is 2.27. The number of carbonyl (C=O) groups is 1. The second kappa shape index (κ2) is 5.03. The Bertz CT molecular complexity index is 911.